The highest BCUT2D eigenvalue weighted by atomic mass is 32.1. The topological polar surface area (TPSA) is 39.4 Å². The summed E-state index contributed by atoms with van der Waals surface area (Å²) in [5.74, 6) is 1.45. The summed E-state index contributed by atoms with van der Waals surface area (Å²) in [6.07, 6.45) is 0.878. The SMILES string of the molecule is O=C(CCc1ccc(-c2cccs2)o1)OCc1ccccc1. The Balaban J connectivity index is 1.47. The van der Waals surface area contributed by atoms with Crippen molar-refractivity contribution in [2.45, 2.75) is 19.4 Å². The number of furan rings is 1. The van der Waals surface area contributed by atoms with Crippen molar-refractivity contribution in [3.8, 4) is 10.6 Å². The van der Waals surface area contributed by atoms with Crippen LogP contribution >= 0.6 is 11.3 Å². The van der Waals surface area contributed by atoms with Crippen LogP contribution in [0.15, 0.2) is 64.4 Å². The van der Waals surface area contributed by atoms with Crippen molar-refractivity contribution in [3.63, 3.8) is 0 Å². The summed E-state index contributed by atoms with van der Waals surface area (Å²) in [5, 5.41) is 2.01. The summed E-state index contributed by atoms with van der Waals surface area (Å²) in [4.78, 5) is 12.9. The van der Waals surface area contributed by atoms with Gasteiger partial charge in [0.2, 0.25) is 0 Å². The maximum atomic E-state index is 11.8. The molecule has 0 aliphatic carbocycles. The van der Waals surface area contributed by atoms with Gasteiger partial charge in [-0.1, -0.05) is 36.4 Å². The van der Waals surface area contributed by atoms with E-state index in [-0.39, 0.29) is 5.97 Å². The molecule has 3 rings (SSSR count). The summed E-state index contributed by atoms with van der Waals surface area (Å²) >= 11 is 1.63. The van der Waals surface area contributed by atoms with Crippen LogP contribution in [0.25, 0.3) is 10.6 Å². The van der Waals surface area contributed by atoms with Gasteiger partial charge in [0.25, 0.3) is 0 Å². The molecule has 3 aromatic rings. The molecule has 3 nitrogen and oxygen atoms in total. The van der Waals surface area contributed by atoms with E-state index < -0.39 is 0 Å². The molecule has 0 saturated heterocycles. The molecular weight excluding hydrogens is 296 g/mol. The van der Waals surface area contributed by atoms with Crippen LogP contribution in [0, 0.1) is 0 Å². The first-order chi connectivity index (χ1) is 10.8. The lowest BCUT2D eigenvalue weighted by molar-refractivity contribution is -0.145. The molecule has 112 valence electrons. The van der Waals surface area contributed by atoms with Gasteiger partial charge in [-0.3, -0.25) is 4.79 Å². The monoisotopic (exact) mass is 312 g/mol. The Morgan fingerprint density at radius 3 is 2.68 bits per heavy atom. The van der Waals surface area contributed by atoms with Crippen LogP contribution in [0.5, 0.6) is 0 Å². The second-order valence-corrected chi connectivity index (χ2v) is 5.84. The molecule has 22 heavy (non-hydrogen) atoms. The predicted molar refractivity (Wildman–Crippen MR) is 86.6 cm³/mol. The Bertz CT molecular complexity index is 714. The molecule has 0 radical (unpaired) electrons. The first-order valence-corrected chi connectivity index (χ1v) is 8.01. The number of hydrogen-bond donors (Lipinski definition) is 0. The number of carbonyl (C=O) groups is 1. The minimum absolute atomic E-state index is 0.210. The molecule has 0 aliphatic heterocycles. The van der Waals surface area contributed by atoms with Crippen molar-refractivity contribution < 1.29 is 13.9 Å². The third-order valence-corrected chi connectivity index (χ3v) is 4.13. The summed E-state index contributed by atoms with van der Waals surface area (Å²) in [7, 11) is 0. The molecule has 0 saturated carbocycles. The molecule has 0 spiro atoms. The highest BCUT2D eigenvalue weighted by Gasteiger charge is 2.09. The molecule has 4 heteroatoms. The molecule has 1 aromatic carbocycles. The number of aryl methyl sites for hydroxylation is 1. The first kappa shape index (κ1) is 14.6. The van der Waals surface area contributed by atoms with Crippen molar-refractivity contribution in [3.05, 3.63) is 71.3 Å². The maximum absolute atomic E-state index is 11.8. The van der Waals surface area contributed by atoms with Gasteiger partial charge in [0, 0.05) is 6.42 Å². The number of ether oxygens (including phenoxy) is 1. The summed E-state index contributed by atoms with van der Waals surface area (Å²) < 4.78 is 11.0. The molecule has 0 fully saturated rings. The minimum Gasteiger partial charge on any atom is -0.461 e. The molecule has 0 bridgehead atoms. The molecular formula is C18H16O3S. The zero-order chi connectivity index (χ0) is 15.2. The number of thiophene rings is 1. The number of hydrogen-bond acceptors (Lipinski definition) is 4. The lowest BCUT2D eigenvalue weighted by Gasteiger charge is -2.04. The van der Waals surface area contributed by atoms with E-state index >= 15 is 0 Å². The smallest absolute Gasteiger partial charge is 0.306 e. The average Bonchev–Trinajstić information content (AvgIpc) is 3.22. The molecule has 0 unspecified atom stereocenters. The zero-order valence-corrected chi connectivity index (χ0v) is 12.8. The van der Waals surface area contributed by atoms with E-state index in [1.165, 1.54) is 0 Å². The van der Waals surface area contributed by atoms with Crippen LogP contribution in [0.3, 0.4) is 0 Å². The fourth-order valence-corrected chi connectivity index (χ4v) is 2.79. The Morgan fingerprint density at radius 2 is 1.91 bits per heavy atom. The Hall–Kier alpha value is -2.33. The van der Waals surface area contributed by atoms with Crippen LogP contribution in [-0.4, -0.2) is 5.97 Å². The Kier molecular flexibility index (Phi) is 4.71. The molecule has 2 heterocycles. The number of rotatable bonds is 6. The van der Waals surface area contributed by atoms with E-state index in [4.69, 9.17) is 9.15 Å². The van der Waals surface area contributed by atoms with E-state index in [0.717, 1.165) is 22.0 Å². The van der Waals surface area contributed by atoms with Gasteiger partial charge in [0.1, 0.15) is 18.1 Å². The fourth-order valence-electron chi connectivity index (χ4n) is 2.10. The van der Waals surface area contributed by atoms with E-state index in [2.05, 4.69) is 0 Å². The van der Waals surface area contributed by atoms with Crippen LogP contribution in [-0.2, 0) is 22.6 Å². The quantitative estimate of drug-likeness (QED) is 0.620. The number of esters is 1. The van der Waals surface area contributed by atoms with Crippen molar-refractivity contribution in [1.82, 2.24) is 0 Å². The maximum Gasteiger partial charge on any atom is 0.306 e. The van der Waals surface area contributed by atoms with Crippen molar-refractivity contribution >= 4 is 17.3 Å². The zero-order valence-electron chi connectivity index (χ0n) is 12.0. The van der Waals surface area contributed by atoms with Gasteiger partial charge in [-0.2, -0.15) is 0 Å². The molecule has 0 aliphatic rings. The molecule has 0 atom stereocenters. The van der Waals surface area contributed by atoms with Gasteiger partial charge in [0.15, 0.2) is 0 Å². The van der Waals surface area contributed by atoms with E-state index in [1.807, 2.05) is 60.0 Å². The highest BCUT2D eigenvalue weighted by Crippen LogP contribution is 2.26. The second-order valence-electron chi connectivity index (χ2n) is 4.89. The van der Waals surface area contributed by atoms with Crippen molar-refractivity contribution in [2.24, 2.45) is 0 Å². The van der Waals surface area contributed by atoms with E-state index in [0.29, 0.717) is 19.4 Å². The second kappa shape index (κ2) is 7.09. The van der Waals surface area contributed by atoms with Gasteiger partial charge >= 0.3 is 5.97 Å². The molecule has 0 amide bonds. The van der Waals surface area contributed by atoms with Crippen LogP contribution in [0.1, 0.15) is 17.7 Å². The largest absolute Gasteiger partial charge is 0.461 e. The third kappa shape index (κ3) is 3.86. The standard InChI is InChI=1S/C18H16O3S/c19-18(20-13-14-5-2-1-3-6-14)11-9-15-8-10-16(21-15)17-7-4-12-22-17/h1-8,10,12H,9,11,13H2. The van der Waals surface area contributed by atoms with Gasteiger partial charge in [0.05, 0.1) is 11.3 Å². The van der Waals surface area contributed by atoms with Gasteiger partial charge < -0.3 is 9.15 Å². The average molecular weight is 312 g/mol. The summed E-state index contributed by atoms with van der Waals surface area (Å²) in [6, 6.07) is 17.5. The Morgan fingerprint density at radius 1 is 1.05 bits per heavy atom. The third-order valence-electron chi connectivity index (χ3n) is 3.24. The minimum atomic E-state index is -0.210. The predicted octanol–water partition coefficient (Wildman–Crippen LogP) is 4.68. The fraction of sp³-hybridized carbons (Fsp3) is 0.167. The van der Waals surface area contributed by atoms with Crippen LogP contribution in [0.2, 0.25) is 0 Å². The lowest BCUT2D eigenvalue weighted by Crippen LogP contribution is -2.05. The van der Waals surface area contributed by atoms with E-state index in [1.54, 1.807) is 11.3 Å². The lowest BCUT2D eigenvalue weighted by atomic mass is 10.2. The normalized spacial score (nSPS) is 10.5. The first-order valence-electron chi connectivity index (χ1n) is 7.13. The number of benzene rings is 1. The number of carbonyl (C=O) groups excluding carboxylic acids is 1. The van der Waals surface area contributed by atoms with Crippen LogP contribution in [0.4, 0.5) is 0 Å². The highest BCUT2D eigenvalue weighted by molar-refractivity contribution is 7.13. The van der Waals surface area contributed by atoms with Gasteiger partial charge in [-0.25, -0.2) is 0 Å². The molecule has 2 aromatic heterocycles. The van der Waals surface area contributed by atoms with Crippen LogP contribution < -0.4 is 0 Å². The molecule has 0 N–H and O–H groups in total. The van der Waals surface area contributed by atoms with E-state index in [9.17, 15) is 4.79 Å². The summed E-state index contributed by atoms with van der Waals surface area (Å²) in [5.41, 5.74) is 0.994. The summed E-state index contributed by atoms with van der Waals surface area (Å²) in [6.45, 7) is 0.318. The Labute approximate surface area is 133 Å². The van der Waals surface area contributed by atoms with Crippen molar-refractivity contribution in [1.29, 1.82) is 0 Å². The van der Waals surface area contributed by atoms with Gasteiger partial charge in [-0.15, -0.1) is 11.3 Å². The van der Waals surface area contributed by atoms with Gasteiger partial charge in [-0.05, 0) is 29.1 Å². The van der Waals surface area contributed by atoms with Crippen molar-refractivity contribution in [2.75, 3.05) is 0 Å².